The Labute approximate surface area is 83.4 Å². The van der Waals surface area contributed by atoms with Crippen LogP contribution < -0.4 is 5.73 Å². The predicted octanol–water partition coefficient (Wildman–Crippen LogP) is 2.76. The van der Waals surface area contributed by atoms with Gasteiger partial charge in [-0.1, -0.05) is 46.0 Å². The lowest BCUT2D eigenvalue weighted by Gasteiger charge is -2.22. The normalized spacial score (nSPS) is 19.9. The van der Waals surface area contributed by atoms with Crippen molar-refractivity contribution in [1.82, 2.24) is 0 Å². The van der Waals surface area contributed by atoms with Gasteiger partial charge >= 0.3 is 0 Å². The van der Waals surface area contributed by atoms with Gasteiger partial charge in [-0.15, -0.1) is 0 Å². The van der Waals surface area contributed by atoms with Crippen molar-refractivity contribution in [3.8, 4) is 0 Å². The zero-order valence-corrected chi connectivity index (χ0v) is 8.96. The van der Waals surface area contributed by atoms with Crippen molar-refractivity contribution in [3.05, 3.63) is 0 Å². The maximum absolute atomic E-state index is 10.3. The molecule has 2 N–H and O–H groups in total. The van der Waals surface area contributed by atoms with E-state index in [2.05, 4.69) is 0 Å². The topological polar surface area (TPSA) is 43.1 Å². The van der Waals surface area contributed by atoms with Crippen molar-refractivity contribution in [2.45, 2.75) is 58.4 Å². The van der Waals surface area contributed by atoms with E-state index in [4.69, 9.17) is 5.73 Å². The van der Waals surface area contributed by atoms with Crippen LogP contribution in [0.1, 0.15) is 53.8 Å². The summed E-state index contributed by atoms with van der Waals surface area (Å²) in [5, 5.41) is 0. The summed E-state index contributed by atoms with van der Waals surface area (Å²) >= 11 is 0. The second-order valence-corrected chi connectivity index (χ2v) is 3.54. The Morgan fingerprint density at radius 3 is 2.38 bits per heavy atom. The molecular weight excluding hydrogens is 162 g/mol. The average molecular weight is 187 g/mol. The monoisotopic (exact) mass is 187 g/mol. The second kappa shape index (κ2) is 8.24. The fourth-order valence-electron chi connectivity index (χ4n) is 1.86. The van der Waals surface area contributed by atoms with E-state index in [0.717, 1.165) is 18.6 Å². The van der Waals surface area contributed by atoms with Gasteiger partial charge in [-0.2, -0.15) is 0 Å². The van der Waals surface area contributed by atoms with Gasteiger partial charge in [0.25, 0.3) is 0 Å². The van der Waals surface area contributed by atoms with Crippen LogP contribution in [0.15, 0.2) is 0 Å². The molecule has 1 aliphatic rings. The summed E-state index contributed by atoms with van der Waals surface area (Å²) in [5.41, 5.74) is 5.54. The van der Waals surface area contributed by atoms with Crippen LogP contribution in [0.5, 0.6) is 0 Å². The molecule has 0 aromatic carbocycles. The zero-order valence-electron chi connectivity index (χ0n) is 8.96. The molecule has 0 amide bonds. The van der Waals surface area contributed by atoms with Crippen molar-refractivity contribution < 1.29 is 6.22 Å². The smallest absolute Gasteiger partial charge is 0.136 e. The van der Waals surface area contributed by atoms with Crippen LogP contribution in [-0.2, 0) is 4.79 Å². The summed E-state index contributed by atoms with van der Waals surface area (Å²) in [6.07, 6.45) is 8.36. The number of carbonyl (C=O) groups excluding carboxylic acids is 1. The molecule has 1 rings (SSSR count). The fraction of sp³-hybridized carbons (Fsp3) is 0.909. The summed E-state index contributed by atoms with van der Waals surface area (Å²) in [6.45, 7) is 4.00. The van der Waals surface area contributed by atoms with Gasteiger partial charge in [-0.05, 0) is 12.3 Å². The number of nitrogens with two attached hydrogens (primary N) is 1. The molecule has 1 atom stereocenters. The molecule has 0 spiro atoms. The number of aldehydes is 1. The quantitative estimate of drug-likeness (QED) is 0.690. The third-order valence-electron chi connectivity index (χ3n) is 2.51. The summed E-state index contributed by atoms with van der Waals surface area (Å²) in [5.74, 6) is 0.726. The van der Waals surface area contributed by atoms with Gasteiger partial charge in [0.2, 0.25) is 0 Å². The van der Waals surface area contributed by atoms with Crippen molar-refractivity contribution in [1.29, 1.82) is 0 Å². The molecule has 13 heavy (non-hydrogen) atoms. The van der Waals surface area contributed by atoms with Crippen LogP contribution in [-0.4, -0.2) is 12.3 Å². The van der Waals surface area contributed by atoms with Gasteiger partial charge < -0.3 is 10.5 Å². The summed E-state index contributed by atoms with van der Waals surface area (Å²) in [6, 6.07) is -0.210. The molecule has 0 radical (unpaired) electrons. The second-order valence-electron chi connectivity index (χ2n) is 3.54. The molecule has 0 bridgehead atoms. The zero-order chi connectivity index (χ0) is 10.1. The average Bonchev–Trinajstić information content (AvgIpc) is 2.22. The third kappa shape index (κ3) is 5.81. The Morgan fingerprint density at radius 2 is 1.92 bits per heavy atom. The highest BCUT2D eigenvalue weighted by molar-refractivity contribution is 5.56. The minimum atomic E-state index is -0.210. The fourth-order valence-corrected chi connectivity index (χ4v) is 1.86. The molecule has 80 valence electrons. The van der Waals surface area contributed by atoms with E-state index in [1.54, 1.807) is 0 Å². The largest absolute Gasteiger partial charge is 0.322 e. The van der Waals surface area contributed by atoms with Crippen LogP contribution in [0.2, 0.25) is 0 Å². The van der Waals surface area contributed by atoms with Crippen LogP contribution in [0, 0.1) is 5.92 Å². The van der Waals surface area contributed by atoms with Gasteiger partial charge in [0.1, 0.15) is 6.29 Å². The summed E-state index contributed by atoms with van der Waals surface area (Å²) in [7, 11) is 0. The van der Waals surface area contributed by atoms with E-state index in [1.165, 1.54) is 32.1 Å². The first-order chi connectivity index (χ1) is 6.33. The predicted molar refractivity (Wildman–Crippen MR) is 58.7 cm³/mol. The molecule has 2 nitrogen and oxygen atoms in total. The SMILES string of the molecule is CC.N[C@H](C=O)CC1CCCCC1.[HH]. The lowest BCUT2D eigenvalue weighted by Crippen LogP contribution is -2.25. The highest BCUT2D eigenvalue weighted by Crippen LogP contribution is 2.26. The first-order valence-corrected chi connectivity index (χ1v) is 5.54. The van der Waals surface area contributed by atoms with Crippen molar-refractivity contribution in [2.75, 3.05) is 0 Å². The molecular formula is C11H25NO. The Hall–Kier alpha value is -0.370. The number of rotatable bonds is 3. The van der Waals surface area contributed by atoms with Crippen molar-refractivity contribution in [2.24, 2.45) is 11.7 Å². The van der Waals surface area contributed by atoms with Crippen molar-refractivity contribution in [3.63, 3.8) is 0 Å². The van der Waals surface area contributed by atoms with Crippen LogP contribution in [0.3, 0.4) is 0 Å². The summed E-state index contributed by atoms with van der Waals surface area (Å²) < 4.78 is 0. The number of hydrogen-bond donors (Lipinski definition) is 1. The van der Waals surface area contributed by atoms with Crippen LogP contribution in [0.25, 0.3) is 0 Å². The van der Waals surface area contributed by atoms with Gasteiger partial charge in [0.15, 0.2) is 0 Å². The Kier molecular flexibility index (Phi) is 8.00. The third-order valence-corrected chi connectivity index (χ3v) is 2.51. The van der Waals surface area contributed by atoms with Gasteiger partial charge in [0.05, 0.1) is 6.04 Å². The number of carbonyl (C=O) groups is 1. The van der Waals surface area contributed by atoms with Gasteiger partial charge in [0, 0.05) is 1.43 Å². The van der Waals surface area contributed by atoms with E-state index >= 15 is 0 Å². The van der Waals surface area contributed by atoms with Crippen LogP contribution in [0.4, 0.5) is 0 Å². The van der Waals surface area contributed by atoms with E-state index in [-0.39, 0.29) is 7.47 Å². The Bertz CT molecular complexity index is 124. The Balaban J connectivity index is 0. The standard InChI is InChI=1S/C9H17NO.C2H6.H2/c10-9(7-11)6-8-4-2-1-3-5-8;1-2;/h7-9H,1-6,10H2;1-2H3;1H/t9-;;/m0../s1. The molecule has 0 aromatic rings. The maximum atomic E-state index is 10.3. The first-order valence-electron chi connectivity index (χ1n) is 5.54. The minimum absolute atomic E-state index is 0. The molecule has 0 aromatic heterocycles. The Morgan fingerprint density at radius 1 is 1.38 bits per heavy atom. The van der Waals surface area contributed by atoms with E-state index in [9.17, 15) is 4.79 Å². The molecule has 1 fully saturated rings. The highest BCUT2D eigenvalue weighted by Gasteiger charge is 2.15. The van der Waals surface area contributed by atoms with E-state index in [0.29, 0.717) is 0 Å². The minimum Gasteiger partial charge on any atom is -0.322 e. The van der Waals surface area contributed by atoms with Gasteiger partial charge in [-0.25, -0.2) is 0 Å². The molecule has 0 saturated heterocycles. The molecule has 0 heterocycles. The molecule has 0 unspecified atom stereocenters. The number of hydrogen-bond acceptors (Lipinski definition) is 2. The molecule has 0 aliphatic heterocycles. The summed E-state index contributed by atoms with van der Waals surface area (Å²) in [4.78, 5) is 10.3. The highest BCUT2D eigenvalue weighted by atomic mass is 16.1. The van der Waals surface area contributed by atoms with Crippen molar-refractivity contribution >= 4 is 6.29 Å². The molecule has 1 aliphatic carbocycles. The van der Waals surface area contributed by atoms with Crippen LogP contribution >= 0.6 is 0 Å². The lowest BCUT2D eigenvalue weighted by atomic mass is 9.85. The van der Waals surface area contributed by atoms with Gasteiger partial charge in [-0.3, -0.25) is 0 Å². The molecule has 2 heteroatoms. The van der Waals surface area contributed by atoms with E-state index in [1.807, 2.05) is 13.8 Å². The first kappa shape index (κ1) is 12.6. The lowest BCUT2D eigenvalue weighted by molar-refractivity contribution is -0.109. The van der Waals surface area contributed by atoms with E-state index < -0.39 is 0 Å². The maximum Gasteiger partial charge on any atom is 0.136 e. The molecule has 1 saturated carbocycles.